The van der Waals surface area contributed by atoms with Crippen LogP contribution in [0.15, 0.2) is 36.4 Å². The van der Waals surface area contributed by atoms with Crippen molar-refractivity contribution in [2.24, 2.45) is 0 Å². The molecule has 1 saturated heterocycles. The van der Waals surface area contributed by atoms with Crippen molar-refractivity contribution < 1.29 is 9.53 Å². The Bertz CT molecular complexity index is 574. The number of rotatable bonds is 4. The van der Waals surface area contributed by atoms with E-state index < -0.39 is 0 Å². The first-order chi connectivity index (χ1) is 9.83. The monoisotopic (exact) mass is 271 g/mol. The molecule has 1 atom stereocenters. The summed E-state index contributed by atoms with van der Waals surface area (Å²) >= 11 is 0. The summed E-state index contributed by atoms with van der Waals surface area (Å²) in [5.74, 6) is -0.168. The second-order valence-corrected chi connectivity index (χ2v) is 4.88. The lowest BCUT2D eigenvalue weighted by Crippen LogP contribution is -2.31. The van der Waals surface area contributed by atoms with Gasteiger partial charge in [-0.15, -0.1) is 0 Å². The number of carbonyl (C=O) groups is 1. The van der Waals surface area contributed by atoms with E-state index in [0.717, 1.165) is 30.7 Å². The second-order valence-electron chi connectivity index (χ2n) is 4.88. The fourth-order valence-electron chi connectivity index (χ4n) is 2.31. The minimum atomic E-state index is -0.168. The maximum absolute atomic E-state index is 12.0. The van der Waals surface area contributed by atoms with Crippen LogP contribution in [0.5, 0.6) is 0 Å². The molecule has 1 aromatic heterocycles. The van der Waals surface area contributed by atoms with Gasteiger partial charge < -0.3 is 10.1 Å². The molecule has 0 spiro atoms. The number of H-pyrrole nitrogens is 1. The van der Waals surface area contributed by atoms with Crippen LogP contribution in [0.3, 0.4) is 0 Å². The summed E-state index contributed by atoms with van der Waals surface area (Å²) in [5, 5.41) is 9.81. The number of aromatic nitrogens is 2. The smallest absolute Gasteiger partial charge is 0.271 e. The van der Waals surface area contributed by atoms with E-state index in [1.165, 1.54) is 0 Å². The van der Waals surface area contributed by atoms with Crippen LogP contribution in [0.4, 0.5) is 0 Å². The Morgan fingerprint density at radius 1 is 1.40 bits per heavy atom. The highest BCUT2D eigenvalue weighted by atomic mass is 16.5. The molecule has 1 aromatic carbocycles. The molecule has 2 N–H and O–H groups in total. The van der Waals surface area contributed by atoms with Crippen LogP contribution in [0.2, 0.25) is 0 Å². The number of hydrogen-bond acceptors (Lipinski definition) is 3. The van der Waals surface area contributed by atoms with Gasteiger partial charge in [-0.25, -0.2) is 0 Å². The van der Waals surface area contributed by atoms with Crippen LogP contribution in [0.25, 0.3) is 11.3 Å². The van der Waals surface area contributed by atoms with Crippen LogP contribution in [0, 0.1) is 0 Å². The highest BCUT2D eigenvalue weighted by molar-refractivity contribution is 5.93. The SMILES string of the molecule is O=C(NCC1CCCO1)c1cc(-c2ccccc2)[nH]n1. The van der Waals surface area contributed by atoms with E-state index in [0.29, 0.717) is 12.2 Å². The van der Waals surface area contributed by atoms with E-state index in [4.69, 9.17) is 4.74 Å². The Hall–Kier alpha value is -2.14. The number of carbonyl (C=O) groups excluding carboxylic acids is 1. The van der Waals surface area contributed by atoms with Gasteiger partial charge in [-0.3, -0.25) is 9.89 Å². The van der Waals surface area contributed by atoms with Gasteiger partial charge in [-0.05, 0) is 24.5 Å². The quantitative estimate of drug-likeness (QED) is 0.893. The first-order valence-corrected chi connectivity index (χ1v) is 6.83. The van der Waals surface area contributed by atoms with Gasteiger partial charge in [0.1, 0.15) is 0 Å². The Balaban J connectivity index is 1.62. The van der Waals surface area contributed by atoms with Gasteiger partial charge in [0.2, 0.25) is 0 Å². The zero-order valence-electron chi connectivity index (χ0n) is 11.1. The lowest BCUT2D eigenvalue weighted by Gasteiger charge is -2.09. The zero-order valence-corrected chi connectivity index (χ0v) is 11.1. The van der Waals surface area contributed by atoms with Crippen molar-refractivity contribution >= 4 is 5.91 Å². The van der Waals surface area contributed by atoms with Gasteiger partial charge in [0.15, 0.2) is 5.69 Å². The van der Waals surface area contributed by atoms with Crippen molar-refractivity contribution in [1.29, 1.82) is 0 Å². The van der Waals surface area contributed by atoms with Crippen molar-refractivity contribution in [2.75, 3.05) is 13.2 Å². The minimum absolute atomic E-state index is 0.145. The molecule has 2 heterocycles. The van der Waals surface area contributed by atoms with Gasteiger partial charge in [0.25, 0.3) is 5.91 Å². The zero-order chi connectivity index (χ0) is 13.8. The molecule has 2 aromatic rings. The average molecular weight is 271 g/mol. The Kier molecular flexibility index (Phi) is 3.78. The van der Waals surface area contributed by atoms with Crippen LogP contribution in [-0.4, -0.2) is 35.4 Å². The van der Waals surface area contributed by atoms with Crippen LogP contribution < -0.4 is 5.32 Å². The third-order valence-corrected chi connectivity index (χ3v) is 3.41. The van der Waals surface area contributed by atoms with Gasteiger partial charge in [0.05, 0.1) is 11.8 Å². The van der Waals surface area contributed by atoms with Crippen LogP contribution in [0.1, 0.15) is 23.3 Å². The summed E-state index contributed by atoms with van der Waals surface area (Å²) in [6.45, 7) is 1.34. The average Bonchev–Trinajstić information content (AvgIpc) is 3.17. The highest BCUT2D eigenvalue weighted by Crippen LogP contribution is 2.17. The molecule has 5 heteroatoms. The molecule has 104 valence electrons. The van der Waals surface area contributed by atoms with Gasteiger partial charge >= 0.3 is 0 Å². The van der Waals surface area contributed by atoms with Crippen molar-refractivity contribution in [3.8, 4) is 11.3 Å². The molecule has 0 aliphatic carbocycles. The second kappa shape index (κ2) is 5.88. The van der Waals surface area contributed by atoms with Gasteiger partial charge in [0, 0.05) is 13.2 Å². The van der Waals surface area contributed by atoms with Gasteiger partial charge in [-0.1, -0.05) is 30.3 Å². The van der Waals surface area contributed by atoms with E-state index in [1.54, 1.807) is 6.07 Å². The Morgan fingerprint density at radius 3 is 3.00 bits per heavy atom. The topological polar surface area (TPSA) is 67.0 Å². The number of aromatic amines is 1. The molecule has 1 aliphatic rings. The van der Waals surface area contributed by atoms with E-state index >= 15 is 0 Å². The largest absolute Gasteiger partial charge is 0.376 e. The number of amides is 1. The summed E-state index contributed by atoms with van der Waals surface area (Å²) in [6.07, 6.45) is 2.23. The van der Waals surface area contributed by atoms with Crippen molar-refractivity contribution in [2.45, 2.75) is 18.9 Å². The van der Waals surface area contributed by atoms with Crippen LogP contribution in [-0.2, 0) is 4.74 Å². The van der Waals surface area contributed by atoms with Crippen molar-refractivity contribution in [3.05, 3.63) is 42.1 Å². The van der Waals surface area contributed by atoms with E-state index in [9.17, 15) is 4.79 Å². The fourth-order valence-corrected chi connectivity index (χ4v) is 2.31. The fraction of sp³-hybridized carbons (Fsp3) is 0.333. The Labute approximate surface area is 117 Å². The first kappa shape index (κ1) is 12.9. The lowest BCUT2D eigenvalue weighted by atomic mass is 10.1. The molecular formula is C15H17N3O2. The lowest BCUT2D eigenvalue weighted by molar-refractivity contribution is 0.0853. The summed E-state index contributed by atoms with van der Waals surface area (Å²) in [5.41, 5.74) is 2.26. The highest BCUT2D eigenvalue weighted by Gasteiger charge is 2.17. The molecule has 5 nitrogen and oxygen atoms in total. The molecule has 0 bridgehead atoms. The maximum atomic E-state index is 12.0. The number of nitrogens with zero attached hydrogens (tertiary/aromatic N) is 1. The number of nitrogens with one attached hydrogen (secondary N) is 2. The van der Waals surface area contributed by atoms with E-state index in [2.05, 4.69) is 15.5 Å². The summed E-state index contributed by atoms with van der Waals surface area (Å²) in [7, 11) is 0. The molecule has 1 aliphatic heterocycles. The number of benzene rings is 1. The molecule has 3 rings (SSSR count). The summed E-state index contributed by atoms with van der Waals surface area (Å²) in [4.78, 5) is 12.0. The van der Waals surface area contributed by atoms with Crippen molar-refractivity contribution in [1.82, 2.24) is 15.5 Å². The maximum Gasteiger partial charge on any atom is 0.271 e. The predicted molar refractivity (Wildman–Crippen MR) is 75.3 cm³/mol. The molecular weight excluding hydrogens is 254 g/mol. The normalized spacial score (nSPS) is 18.1. The third kappa shape index (κ3) is 2.88. The van der Waals surface area contributed by atoms with E-state index in [1.807, 2.05) is 30.3 Å². The molecule has 1 unspecified atom stereocenters. The first-order valence-electron chi connectivity index (χ1n) is 6.83. The summed E-state index contributed by atoms with van der Waals surface area (Å²) < 4.78 is 5.47. The van der Waals surface area contributed by atoms with E-state index in [-0.39, 0.29) is 12.0 Å². The van der Waals surface area contributed by atoms with Crippen molar-refractivity contribution in [3.63, 3.8) is 0 Å². The van der Waals surface area contributed by atoms with Crippen LogP contribution >= 0.6 is 0 Å². The number of hydrogen-bond donors (Lipinski definition) is 2. The Morgan fingerprint density at radius 2 is 2.25 bits per heavy atom. The van der Waals surface area contributed by atoms with Gasteiger partial charge in [-0.2, -0.15) is 5.10 Å². The summed E-state index contributed by atoms with van der Waals surface area (Å²) in [6, 6.07) is 11.6. The number of ether oxygens (including phenoxy) is 1. The predicted octanol–water partition coefficient (Wildman–Crippen LogP) is 1.99. The molecule has 20 heavy (non-hydrogen) atoms. The molecule has 0 saturated carbocycles. The molecule has 1 amide bonds. The minimum Gasteiger partial charge on any atom is -0.376 e. The third-order valence-electron chi connectivity index (χ3n) is 3.41. The molecule has 1 fully saturated rings. The standard InChI is InChI=1S/C15H17N3O2/c19-15(16-10-12-7-4-8-20-12)14-9-13(17-18-14)11-5-2-1-3-6-11/h1-3,5-6,9,12H,4,7-8,10H2,(H,16,19)(H,17,18). The molecule has 0 radical (unpaired) electrons.